The van der Waals surface area contributed by atoms with Gasteiger partial charge in [0.15, 0.2) is 0 Å². The Morgan fingerprint density at radius 1 is 1.15 bits per heavy atom. The maximum absolute atomic E-state index is 12.2. The minimum atomic E-state index is 0.0972. The summed E-state index contributed by atoms with van der Waals surface area (Å²) in [5.74, 6) is 0.0972. The van der Waals surface area contributed by atoms with Crippen molar-refractivity contribution in [1.29, 1.82) is 0 Å². The minimum absolute atomic E-state index is 0.0972. The van der Waals surface area contributed by atoms with Crippen LogP contribution in [0.1, 0.15) is 11.1 Å². The molecule has 0 radical (unpaired) electrons. The molecule has 0 bridgehead atoms. The molecular formula is C16H17BrN2O. The lowest BCUT2D eigenvalue weighted by Crippen LogP contribution is -2.27. The van der Waals surface area contributed by atoms with E-state index in [4.69, 9.17) is 5.73 Å². The van der Waals surface area contributed by atoms with Crippen molar-refractivity contribution in [3.8, 4) is 0 Å². The van der Waals surface area contributed by atoms with E-state index < -0.39 is 0 Å². The van der Waals surface area contributed by atoms with E-state index >= 15 is 0 Å². The molecule has 0 aliphatic carbocycles. The largest absolute Gasteiger partial charge is 0.399 e. The molecule has 0 aliphatic heterocycles. The van der Waals surface area contributed by atoms with Gasteiger partial charge in [-0.25, -0.2) is 0 Å². The van der Waals surface area contributed by atoms with Crippen molar-refractivity contribution in [1.82, 2.24) is 4.90 Å². The van der Waals surface area contributed by atoms with E-state index in [-0.39, 0.29) is 5.91 Å². The molecule has 0 fully saturated rings. The first-order chi connectivity index (χ1) is 9.54. The summed E-state index contributed by atoms with van der Waals surface area (Å²) in [5, 5.41) is 0. The molecule has 0 atom stereocenters. The number of rotatable bonds is 4. The lowest BCUT2D eigenvalue weighted by atomic mass is 10.1. The zero-order valence-corrected chi connectivity index (χ0v) is 12.9. The summed E-state index contributed by atoms with van der Waals surface area (Å²) in [6.07, 6.45) is 0.408. The van der Waals surface area contributed by atoms with Gasteiger partial charge in [-0.1, -0.05) is 40.2 Å². The van der Waals surface area contributed by atoms with Crippen molar-refractivity contribution in [2.24, 2.45) is 0 Å². The van der Waals surface area contributed by atoms with Crippen LogP contribution in [0.2, 0.25) is 0 Å². The van der Waals surface area contributed by atoms with Crippen LogP contribution in [0.15, 0.2) is 53.0 Å². The molecule has 0 spiro atoms. The summed E-state index contributed by atoms with van der Waals surface area (Å²) in [4.78, 5) is 13.9. The van der Waals surface area contributed by atoms with E-state index in [0.717, 1.165) is 21.3 Å². The molecule has 0 saturated heterocycles. The van der Waals surface area contributed by atoms with Gasteiger partial charge in [0.1, 0.15) is 0 Å². The summed E-state index contributed by atoms with van der Waals surface area (Å²) in [6.45, 7) is 0.590. The zero-order valence-electron chi connectivity index (χ0n) is 11.3. The minimum Gasteiger partial charge on any atom is -0.399 e. The Balaban J connectivity index is 1.96. The van der Waals surface area contributed by atoms with Crippen LogP contribution in [-0.4, -0.2) is 17.9 Å². The van der Waals surface area contributed by atoms with Crippen LogP contribution in [-0.2, 0) is 17.8 Å². The molecule has 4 heteroatoms. The van der Waals surface area contributed by atoms with Crippen molar-refractivity contribution < 1.29 is 4.79 Å². The van der Waals surface area contributed by atoms with Crippen molar-refractivity contribution in [3.63, 3.8) is 0 Å². The lowest BCUT2D eigenvalue weighted by molar-refractivity contribution is -0.129. The van der Waals surface area contributed by atoms with Gasteiger partial charge >= 0.3 is 0 Å². The van der Waals surface area contributed by atoms with Gasteiger partial charge in [0.05, 0.1) is 6.42 Å². The fourth-order valence-electron chi connectivity index (χ4n) is 1.94. The highest BCUT2D eigenvalue weighted by Crippen LogP contribution is 2.13. The van der Waals surface area contributed by atoms with Crippen LogP contribution < -0.4 is 5.73 Å². The highest BCUT2D eigenvalue weighted by Gasteiger charge is 2.10. The quantitative estimate of drug-likeness (QED) is 0.873. The Morgan fingerprint density at radius 3 is 2.50 bits per heavy atom. The number of carbonyl (C=O) groups is 1. The molecule has 0 heterocycles. The SMILES string of the molecule is CN(Cc1ccc(N)cc1)C(=O)Cc1cccc(Br)c1. The number of nitrogen functional groups attached to an aromatic ring is 1. The molecule has 2 rings (SSSR count). The number of carbonyl (C=O) groups excluding carboxylic acids is 1. The van der Waals surface area contributed by atoms with E-state index in [1.807, 2.05) is 55.6 Å². The third kappa shape index (κ3) is 4.10. The number of nitrogens with two attached hydrogens (primary N) is 1. The van der Waals surface area contributed by atoms with Gasteiger partial charge in [-0.15, -0.1) is 0 Å². The summed E-state index contributed by atoms with van der Waals surface area (Å²) >= 11 is 3.41. The maximum Gasteiger partial charge on any atom is 0.227 e. The Morgan fingerprint density at radius 2 is 1.85 bits per heavy atom. The molecule has 104 valence electrons. The smallest absolute Gasteiger partial charge is 0.227 e. The first-order valence-electron chi connectivity index (χ1n) is 6.37. The monoisotopic (exact) mass is 332 g/mol. The fourth-order valence-corrected chi connectivity index (χ4v) is 2.39. The predicted molar refractivity (Wildman–Crippen MR) is 85.2 cm³/mol. The van der Waals surface area contributed by atoms with Crippen LogP contribution in [0.4, 0.5) is 5.69 Å². The first kappa shape index (κ1) is 14.6. The normalized spacial score (nSPS) is 10.3. The Hall–Kier alpha value is -1.81. The van der Waals surface area contributed by atoms with Gasteiger partial charge in [0.25, 0.3) is 0 Å². The average Bonchev–Trinajstić information content (AvgIpc) is 2.41. The van der Waals surface area contributed by atoms with Crippen LogP contribution in [0.5, 0.6) is 0 Å². The van der Waals surface area contributed by atoms with Crippen LogP contribution >= 0.6 is 15.9 Å². The van der Waals surface area contributed by atoms with Crippen LogP contribution in [0.25, 0.3) is 0 Å². The average molecular weight is 333 g/mol. The molecule has 2 aromatic carbocycles. The molecule has 0 aliphatic rings. The zero-order chi connectivity index (χ0) is 14.5. The molecule has 1 amide bonds. The predicted octanol–water partition coefficient (Wildman–Crippen LogP) is 3.23. The lowest BCUT2D eigenvalue weighted by Gasteiger charge is -2.17. The molecule has 0 unspecified atom stereocenters. The van der Waals surface area contributed by atoms with Gasteiger partial charge in [-0.05, 0) is 35.4 Å². The number of nitrogens with zero attached hydrogens (tertiary/aromatic N) is 1. The first-order valence-corrected chi connectivity index (χ1v) is 7.17. The molecule has 2 aromatic rings. The summed E-state index contributed by atoms with van der Waals surface area (Å²) < 4.78 is 0.990. The molecule has 20 heavy (non-hydrogen) atoms. The molecular weight excluding hydrogens is 316 g/mol. The summed E-state index contributed by atoms with van der Waals surface area (Å²) in [5.41, 5.74) is 8.46. The second kappa shape index (κ2) is 6.57. The topological polar surface area (TPSA) is 46.3 Å². The van der Waals surface area contributed by atoms with Gasteiger partial charge in [0, 0.05) is 23.8 Å². The number of amides is 1. The Bertz CT molecular complexity index is 596. The standard InChI is InChI=1S/C16H17BrN2O/c1-19(11-12-5-7-15(18)8-6-12)16(20)10-13-3-2-4-14(17)9-13/h2-9H,10-11,18H2,1H3. The van der Waals surface area contributed by atoms with Crippen molar-refractivity contribution in [2.75, 3.05) is 12.8 Å². The number of likely N-dealkylation sites (N-methyl/N-ethyl adjacent to an activating group) is 1. The number of anilines is 1. The Labute approximate surface area is 127 Å². The summed E-state index contributed by atoms with van der Waals surface area (Å²) in [7, 11) is 1.82. The maximum atomic E-state index is 12.2. The number of hydrogen-bond donors (Lipinski definition) is 1. The second-order valence-electron chi connectivity index (χ2n) is 4.80. The number of benzene rings is 2. The highest BCUT2D eigenvalue weighted by molar-refractivity contribution is 9.10. The Kier molecular flexibility index (Phi) is 4.79. The molecule has 0 saturated carbocycles. The van der Waals surface area contributed by atoms with E-state index in [1.54, 1.807) is 4.90 Å². The van der Waals surface area contributed by atoms with E-state index in [1.165, 1.54) is 0 Å². The number of hydrogen-bond acceptors (Lipinski definition) is 2. The van der Waals surface area contributed by atoms with Crippen LogP contribution in [0, 0.1) is 0 Å². The third-order valence-corrected chi connectivity index (χ3v) is 3.56. The molecule has 2 N–H and O–H groups in total. The van der Waals surface area contributed by atoms with Crippen LogP contribution in [0.3, 0.4) is 0 Å². The van der Waals surface area contributed by atoms with E-state index in [9.17, 15) is 4.79 Å². The molecule has 0 aromatic heterocycles. The molecule has 3 nitrogen and oxygen atoms in total. The van der Waals surface area contributed by atoms with Gasteiger partial charge in [-0.3, -0.25) is 4.79 Å². The highest BCUT2D eigenvalue weighted by atomic mass is 79.9. The van der Waals surface area contributed by atoms with Crippen molar-refractivity contribution in [2.45, 2.75) is 13.0 Å². The van der Waals surface area contributed by atoms with E-state index in [0.29, 0.717) is 13.0 Å². The van der Waals surface area contributed by atoms with Crippen molar-refractivity contribution in [3.05, 3.63) is 64.1 Å². The van der Waals surface area contributed by atoms with E-state index in [2.05, 4.69) is 15.9 Å². The van der Waals surface area contributed by atoms with Gasteiger partial charge < -0.3 is 10.6 Å². The number of halogens is 1. The second-order valence-corrected chi connectivity index (χ2v) is 5.71. The van der Waals surface area contributed by atoms with Crippen molar-refractivity contribution >= 4 is 27.5 Å². The van der Waals surface area contributed by atoms with Gasteiger partial charge in [-0.2, -0.15) is 0 Å². The third-order valence-electron chi connectivity index (χ3n) is 3.07. The van der Waals surface area contributed by atoms with Gasteiger partial charge in [0.2, 0.25) is 5.91 Å². The summed E-state index contributed by atoms with van der Waals surface area (Å²) in [6, 6.07) is 15.4. The fraction of sp³-hybridized carbons (Fsp3) is 0.188.